The fourth-order valence-corrected chi connectivity index (χ4v) is 2.01. The van der Waals surface area contributed by atoms with Crippen LogP contribution >= 0.6 is 0 Å². The highest BCUT2D eigenvalue weighted by molar-refractivity contribution is 5.95. The number of carboxylic acids is 1. The van der Waals surface area contributed by atoms with Gasteiger partial charge in [-0.3, -0.25) is 9.59 Å². The average molecular weight is 369 g/mol. The monoisotopic (exact) mass is 369 g/mol. The maximum absolute atomic E-state index is 13.7. The molecule has 5 nitrogen and oxygen atoms in total. The standard InChI is InChI=1S/C15H16F5NO4/c1-15(2,3)25-14(24)7(13(22)23)6(21)4-5-8(16)10(18)12(20)11(19)9(5)17/h6-7H,4,21H2,1-3H3,(H,22,23)/t6?,7-/m1/s1. The van der Waals surface area contributed by atoms with E-state index in [0.717, 1.165) is 0 Å². The number of carbonyl (C=O) groups is 2. The van der Waals surface area contributed by atoms with Crippen LogP contribution in [-0.4, -0.2) is 28.7 Å². The minimum absolute atomic E-state index is 1.07. The van der Waals surface area contributed by atoms with Crippen molar-refractivity contribution >= 4 is 11.9 Å². The quantitative estimate of drug-likeness (QED) is 0.273. The Morgan fingerprint density at radius 2 is 1.40 bits per heavy atom. The van der Waals surface area contributed by atoms with Crippen LogP contribution in [0.5, 0.6) is 0 Å². The lowest BCUT2D eigenvalue weighted by atomic mass is 9.93. The molecule has 10 heteroatoms. The zero-order valence-corrected chi connectivity index (χ0v) is 13.5. The summed E-state index contributed by atoms with van der Waals surface area (Å²) in [7, 11) is 0. The van der Waals surface area contributed by atoms with Crippen LogP contribution in [-0.2, 0) is 20.7 Å². The topological polar surface area (TPSA) is 89.6 Å². The van der Waals surface area contributed by atoms with Crippen LogP contribution in [0, 0.1) is 35.0 Å². The Balaban J connectivity index is 3.21. The second kappa shape index (κ2) is 7.34. The average Bonchev–Trinajstić information content (AvgIpc) is 2.45. The summed E-state index contributed by atoms with van der Waals surface area (Å²) in [4.78, 5) is 23.2. The Labute approximate surface area is 139 Å². The van der Waals surface area contributed by atoms with Gasteiger partial charge in [0.2, 0.25) is 5.82 Å². The van der Waals surface area contributed by atoms with Crippen molar-refractivity contribution in [2.75, 3.05) is 0 Å². The maximum Gasteiger partial charge on any atom is 0.322 e. The van der Waals surface area contributed by atoms with Crippen molar-refractivity contribution in [3.63, 3.8) is 0 Å². The first-order valence-corrected chi connectivity index (χ1v) is 6.99. The van der Waals surface area contributed by atoms with E-state index in [1.54, 1.807) is 0 Å². The van der Waals surface area contributed by atoms with Gasteiger partial charge in [-0.1, -0.05) is 0 Å². The van der Waals surface area contributed by atoms with E-state index in [2.05, 4.69) is 0 Å². The van der Waals surface area contributed by atoms with Gasteiger partial charge in [0.05, 0.1) is 0 Å². The number of hydrogen-bond acceptors (Lipinski definition) is 4. The highest BCUT2D eigenvalue weighted by atomic mass is 19.2. The van der Waals surface area contributed by atoms with Crippen LogP contribution in [0.3, 0.4) is 0 Å². The molecule has 1 aromatic rings. The third-order valence-corrected chi connectivity index (χ3v) is 3.10. The predicted molar refractivity (Wildman–Crippen MR) is 74.9 cm³/mol. The van der Waals surface area contributed by atoms with Crippen molar-refractivity contribution in [1.29, 1.82) is 0 Å². The van der Waals surface area contributed by atoms with Gasteiger partial charge >= 0.3 is 11.9 Å². The van der Waals surface area contributed by atoms with E-state index in [4.69, 9.17) is 15.6 Å². The molecule has 0 bridgehead atoms. The summed E-state index contributed by atoms with van der Waals surface area (Å²) in [6.07, 6.45) is -1.08. The molecule has 140 valence electrons. The number of esters is 1. The first-order chi connectivity index (χ1) is 11.3. The molecule has 0 heterocycles. The summed E-state index contributed by atoms with van der Waals surface area (Å²) < 4.78 is 71.5. The van der Waals surface area contributed by atoms with Crippen LogP contribution in [0.4, 0.5) is 22.0 Å². The highest BCUT2D eigenvalue weighted by Gasteiger charge is 2.38. The summed E-state index contributed by atoms with van der Waals surface area (Å²) in [5.74, 6) is -16.1. The molecule has 1 unspecified atom stereocenters. The lowest BCUT2D eigenvalue weighted by Gasteiger charge is -2.25. The third-order valence-electron chi connectivity index (χ3n) is 3.10. The molecule has 0 saturated carbocycles. The van der Waals surface area contributed by atoms with Gasteiger partial charge in [0, 0.05) is 11.6 Å². The lowest BCUT2D eigenvalue weighted by Crippen LogP contribution is -2.45. The van der Waals surface area contributed by atoms with Gasteiger partial charge in [0.15, 0.2) is 29.2 Å². The van der Waals surface area contributed by atoms with Crippen LogP contribution < -0.4 is 5.73 Å². The van der Waals surface area contributed by atoms with Gasteiger partial charge in [-0.2, -0.15) is 0 Å². The number of rotatable bonds is 5. The fraction of sp³-hybridized carbons (Fsp3) is 0.467. The summed E-state index contributed by atoms with van der Waals surface area (Å²) in [5, 5.41) is 9.10. The Morgan fingerprint density at radius 1 is 1.00 bits per heavy atom. The number of nitrogens with two attached hydrogens (primary N) is 1. The molecule has 25 heavy (non-hydrogen) atoms. The largest absolute Gasteiger partial charge is 0.481 e. The first kappa shape index (κ1) is 20.8. The van der Waals surface area contributed by atoms with E-state index in [-0.39, 0.29) is 0 Å². The minimum Gasteiger partial charge on any atom is -0.481 e. The molecule has 0 fully saturated rings. The Morgan fingerprint density at radius 3 is 1.76 bits per heavy atom. The van der Waals surface area contributed by atoms with Gasteiger partial charge < -0.3 is 15.6 Å². The van der Waals surface area contributed by atoms with Gasteiger partial charge in [-0.15, -0.1) is 0 Å². The highest BCUT2D eigenvalue weighted by Crippen LogP contribution is 2.25. The summed E-state index contributed by atoms with van der Waals surface area (Å²) in [6.45, 7) is 4.33. The number of halogens is 5. The van der Waals surface area contributed by atoms with Crippen LogP contribution in [0.15, 0.2) is 0 Å². The van der Waals surface area contributed by atoms with Gasteiger partial charge in [-0.05, 0) is 27.2 Å². The first-order valence-electron chi connectivity index (χ1n) is 6.99. The number of aliphatic carboxylic acids is 1. The Bertz CT molecular complexity index is 673. The van der Waals surface area contributed by atoms with E-state index < -0.39 is 70.6 Å². The minimum atomic E-state index is -2.35. The summed E-state index contributed by atoms with van der Waals surface area (Å²) >= 11 is 0. The molecule has 0 aromatic heterocycles. The van der Waals surface area contributed by atoms with E-state index in [0.29, 0.717) is 0 Å². The SMILES string of the molecule is CC(C)(C)OC(=O)[C@@H](C(=O)O)C(N)Cc1c(F)c(F)c(F)c(F)c1F. The number of ether oxygens (including phenoxy) is 1. The summed E-state index contributed by atoms with van der Waals surface area (Å²) in [6, 6.07) is -1.79. The second-order valence-electron chi connectivity index (χ2n) is 6.27. The number of benzene rings is 1. The van der Waals surface area contributed by atoms with Crippen LogP contribution in [0.25, 0.3) is 0 Å². The molecule has 1 rings (SSSR count). The molecule has 0 amide bonds. The van der Waals surface area contributed by atoms with Crippen molar-refractivity contribution in [2.45, 2.75) is 38.8 Å². The molecule has 0 aliphatic carbocycles. The molecule has 0 aliphatic heterocycles. The summed E-state index contributed by atoms with van der Waals surface area (Å²) in [5.41, 5.74) is 3.11. The predicted octanol–water partition coefficient (Wildman–Crippen LogP) is 2.29. The maximum atomic E-state index is 13.7. The molecule has 0 spiro atoms. The van der Waals surface area contributed by atoms with E-state index >= 15 is 0 Å². The lowest BCUT2D eigenvalue weighted by molar-refractivity contribution is -0.167. The molecule has 3 N–H and O–H groups in total. The number of carbonyl (C=O) groups excluding carboxylic acids is 1. The van der Waals surface area contributed by atoms with E-state index in [9.17, 15) is 31.5 Å². The van der Waals surface area contributed by atoms with E-state index in [1.807, 2.05) is 0 Å². The van der Waals surface area contributed by atoms with Crippen LogP contribution in [0.2, 0.25) is 0 Å². The van der Waals surface area contributed by atoms with Crippen LogP contribution in [0.1, 0.15) is 26.3 Å². The zero-order chi connectivity index (χ0) is 19.7. The molecular weight excluding hydrogens is 353 g/mol. The van der Waals surface area contributed by atoms with Gasteiger partial charge in [0.25, 0.3) is 0 Å². The molecular formula is C15H16F5NO4. The normalized spacial score (nSPS) is 14.1. The third kappa shape index (κ3) is 4.65. The number of hydrogen-bond donors (Lipinski definition) is 2. The molecule has 0 aliphatic rings. The molecule has 0 saturated heterocycles. The number of carboxylic acid groups (broad SMARTS) is 1. The van der Waals surface area contributed by atoms with Gasteiger partial charge in [-0.25, -0.2) is 22.0 Å². The fourth-order valence-electron chi connectivity index (χ4n) is 2.01. The zero-order valence-electron chi connectivity index (χ0n) is 13.5. The second-order valence-corrected chi connectivity index (χ2v) is 6.27. The molecule has 0 radical (unpaired) electrons. The van der Waals surface area contributed by atoms with Gasteiger partial charge in [0.1, 0.15) is 5.60 Å². The van der Waals surface area contributed by atoms with Crippen molar-refractivity contribution in [3.05, 3.63) is 34.6 Å². The van der Waals surface area contributed by atoms with Crippen molar-refractivity contribution < 1.29 is 41.4 Å². The van der Waals surface area contributed by atoms with Crippen molar-refractivity contribution in [2.24, 2.45) is 11.7 Å². The Hall–Kier alpha value is -2.23. The van der Waals surface area contributed by atoms with Crippen molar-refractivity contribution in [1.82, 2.24) is 0 Å². The molecule has 2 atom stereocenters. The molecule has 1 aromatic carbocycles. The van der Waals surface area contributed by atoms with Crippen molar-refractivity contribution in [3.8, 4) is 0 Å². The van der Waals surface area contributed by atoms with E-state index in [1.165, 1.54) is 20.8 Å². The smallest absolute Gasteiger partial charge is 0.322 e. The Kier molecular flexibility index (Phi) is 6.11.